The molecule has 0 saturated heterocycles. The van der Waals surface area contributed by atoms with Gasteiger partial charge in [0.05, 0.1) is 0 Å². The van der Waals surface area contributed by atoms with Crippen molar-refractivity contribution >= 4 is 97.2 Å². The zero-order valence-corrected chi connectivity index (χ0v) is 14.4. The van der Waals surface area contributed by atoms with Gasteiger partial charge < -0.3 is 4.79 Å². The Bertz CT molecular complexity index is 247. The molecule has 0 aliphatic rings. The lowest BCUT2D eigenvalue weighted by atomic mass is 10.4. The van der Waals surface area contributed by atoms with Gasteiger partial charge in [0, 0.05) is 14.3 Å². The van der Waals surface area contributed by atoms with Crippen LogP contribution in [0.5, 0.6) is 0 Å². The Kier molecular flexibility index (Phi) is 8.23. The van der Waals surface area contributed by atoms with E-state index in [9.17, 15) is 0 Å². The number of halogens is 4. The van der Waals surface area contributed by atoms with Crippen LogP contribution in [0.4, 0.5) is 0 Å². The van der Waals surface area contributed by atoms with Gasteiger partial charge in [-0.2, -0.15) is 0 Å². The van der Waals surface area contributed by atoms with Crippen molar-refractivity contribution in [1.29, 1.82) is 0 Å². The molecule has 0 fully saturated rings. The molecule has 1 nitrogen and oxygen atoms in total. The second kappa shape index (κ2) is 7.15. The minimum Gasteiger partial charge on any atom is -0.307 e. The minimum absolute atomic E-state index is 1.34. The summed E-state index contributed by atoms with van der Waals surface area (Å²) in [4.78, 5) is 8.00. The van der Waals surface area contributed by atoms with Gasteiger partial charge in [0.2, 0.25) is 0 Å². The van der Waals surface area contributed by atoms with Crippen LogP contribution in [-0.4, -0.2) is 6.79 Å². The first kappa shape index (κ1) is 13.8. The summed E-state index contributed by atoms with van der Waals surface area (Å²) < 4.78 is 5.41. The van der Waals surface area contributed by atoms with Crippen molar-refractivity contribution in [2.75, 3.05) is 0 Å². The van der Waals surface area contributed by atoms with Gasteiger partial charge in [-0.05, 0) is 102 Å². The van der Waals surface area contributed by atoms with Gasteiger partial charge in [0.25, 0.3) is 0 Å². The summed E-state index contributed by atoms with van der Waals surface area (Å²) in [6.07, 6.45) is 0. The van der Waals surface area contributed by atoms with Gasteiger partial charge >= 0.3 is 0 Å². The van der Waals surface area contributed by atoms with Crippen LogP contribution in [0.1, 0.15) is 0 Å². The Morgan fingerprint density at radius 3 is 1.33 bits per heavy atom. The van der Waals surface area contributed by atoms with Crippen molar-refractivity contribution < 1.29 is 4.79 Å². The topological polar surface area (TPSA) is 17.1 Å². The van der Waals surface area contributed by atoms with Crippen LogP contribution in [-0.2, 0) is 4.79 Å². The molecule has 0 amide bonds. The lowest BCUT2D eigenvalue weighted by Gasteiger charge is -2.00. The smallest absolute Gasteiger partial charge is 0.106 e. The highest BCUT2D eigenvalue weighted by molar-refractivity contribution is 14.1. The predicted molar refractivity (Wildman–Crippen MR) is 84.4 cm³/mol. The monoisotopic (exact) mass is 612 g/mol. The predicted octanol–water partition coefficient (Wildman–Crippen LogP) is 3.92. The summed E-state index contributed by atoms with van der Waals surface area (Å²) in [7, 11) is 0. The Balaban J connectivity index is 0.000000561. The quantitative estimate of drug-likeness (QED) is 0.247. The van der Waals surface area contributed by atoms with Crippen molar-refractivity contribution in [1.82, 2.24) is 0 Å². The Hall–Kier alpha value is 1.81. The largest absolute Gasteiger partial charge is 0.307 e. The molecule has 5 heteroatoms. The molecule has 66 valence electrons. The molecule has 0 spiro atoms. The third-order valence-corrected chi connectivity index (χ3v) is 8.12. The molecule has 0 bridgehead atoms. The van der Waals surface area contributed by atoms with Gasteiger partial charge in [0.1, 0.15) is 6.79 Å². The second-order valence-electron chi connectivity index (χ2n) is 1.66. The van der Waals surface area contributed by atoms with Gasteiger partial charge in [-0.25, -0.2) is 0 Å². The highest BCUT2D eigenvalue weighted by atomic mass is 127. The maximum absolute atomic E-state index is 8.00. The van der Waals surface area contributed by atoms with Crippen molar-refractivity contribution in [3.63, 3.8) is 0 Å². The van der Waals surface area contributed by atoms with Gasteiger partial charge in [-0.3, -0.25) is 0 Å². The lowest BCUT2D eigenvalue weighted by Crippen LogP contribution is -1.87. The molecule has 0 aromatic heterocycles. The van der Waals surface area contributed by atoms with Crippen molar-refractivity contribution in [2.45, 2.75) is 0 Å². The summed E-state index contributed by atoms with van der Waals surface area (Å²) in [5, 5.41) is 0. The number of rotatable bonds is 0. The molecule has 0 aliphatic carbocycles. The van der Waals surface area contributed by atoms with E-state index in [0.29, 0.717) is 0 Å². The van der Waals surface area contributed by atoms with Crippen molar-refractivity contribution in [3.05, 3.63) is 26.4 Å². The molecule has 0 unspecified atom stereocenters. The van der Waals surface area contributed by atoms with E-state index in [1.54, 1.807) is 0 Å². The van der Waals surface area contributed by atoms with Crippen LogP contribution < -0.4 is 0 Å². The molecule has 1 aromatic rings. The first-order valence-electron chi connectivity index (χ1n) is 2.71. The number of carbonyl (C=O) groups excluding carboxylic acids is 1. The second-order valence-corrected chi connectivity index (χ2v) is 6.14. The lowest BCUT2D eigenvalue weighted by molar-refractivity contribution is -0.0979. The van der Waals surface area contributed by atoms with E-state index in [2.05, 4.69) is 102 Å². The molecule has 0 atom stereocenters. The fraction of sp³-hybridized carbons (Fsp3) is 0. The Morgan fingerprint density at radius 1 is 0.833 bits per heavy atom. The molecule has 0 N–H and O–H groups in total. The Labute approximate surface area is 126 Å². The van der Waals surface area contributed by atoms with Crippen LogP contribution in [0, 0.1) is 14.3 Å². The van der Waals surface area contributed by atoms with Crippen molar-refractivity contribution in [3.8, 4) is 0 Å². The van der Waals surface area contributed by atoms with E-state index < -0.39 is 0 Å². The maximum Gasteiger partial charge on any atom is 0.106 e. The molecule has 0 heterocycles. The van der Waals surface area contributed by atoms with Gasteiger partial charge in [-0.1, -0.05) is 0 Å². The zero-order chi connectivity index (χ0) is 9.72. The maximum atomic E-state index is 8.00. The summed E-state index contributed by atoms with van der Waals surface area (Å²) in [5.41, 5.74) is 0. The summed E-state index contributed by atoms with van der Waals surface area (Å²) in [5.74, 6) is 0. The number of hydrogen-bond acceptors (Lipinski definition) is 1. The molecule has 0 saturated carbocycles. The van der Waals surface area contributed by atoms with Crippen LogP contribution in [0.25, 0.3) is 0 Å². The first-order chi connectivity index (χ1) is 5.63. The third-order valence-electron chi connectivity index (χ3n) is 0.988. The molecule has 0 aliphatic heterocycles. The minimum atomic E-state index is 1.34. The van der Waals surface area contributed by atoms with Crippen LogP contribution in [0.3, 0.4) is 0 Å². The third kappa shape index (κ3) is 3.90. The average molecular weight is 612 g/mol. The highest BCUT2D eigenvalue weighted by Crippen LogP contribution is 2.25. The molecule has 0 radical (unpaired) electrons. The molecule has 12 heavy (non-hydrogen) atoms. The normalized spacial score (nSPS) is 8.67. The highest BCUT2D eigenvalue weighted by Gasteiger charge is 2.03. The molecular weight excluding hydrogens is 608 g/mol. The standard InChI is InChI=1S/C6H2I4.CH2O/c7-3-1-2-4(8)6(10)5(3)9;1-2/h1-2H;1H2. The van der Waals surface area contributed by atoms with Crippen molar-refractivity contribution in [2.24, 2.45) is 0 Å². The van der Waals surface area contributed by atoms with E-state index >= 15 is 0 Å². The molecule has 1 aromatic carbocycles. The number of carbonyl (C=O) groups is 1. The Morgan fingerprint density at radius 2 is 1.08 bits per heavy atom. The zero-order valence-electron chi connectivity index (χ0n) is 5.78. The van der Waals surface area contributed by atoms with E-state index in [1.807, 2.05) is 6.79 Å². The molecular formula is C7H4I4O. The van der Waals surface area contributed by atoms with E-state index in [4.69, 9.17) is 4.79 Å². The first-order valence-corrected chi connectivity index (χ1v) is 7.02. The van der Waals surface area contributed by atoms with E-state index in [-0.39, 0.29) is 0 Å². The SMILES string of the molecule is C=O.Ic1ccc(I)c(I)c1I. The van der Waals surface area contributed by atoms with Gasteiger partial charge in [0.15, 0.2) is 0 Å². The summed E-state index contributed by atoms with van der Waals surface area (Å²) in [6.45, 7) is 2.00. The number of hydrogen-bond donors (Lipinski definition) is 0. The summed E-state index contributed by atoms with van der Waals surface area (Å²) in [6, 6.07) is 4.29. The van der Waals surface area contributed by atoms with Crippen LogP contribution in [0.15, 0.2) is 12.1 Å². The fourth-order valence-electron chi connectivity index (χ4n) is 0.502. The average Bonchev–Trinajstić information content (AvgIpc) is 2.12. The van der Waals surface area contributed by atoms with Crippen LogP contribution in [0.2, 0.25) is 0 Å². The summed E-state index contributed by atoms with van der Waals surface area (Å²) >= 11 is 9.45. The van der Waals surface area contributed by atoms with E-state index in [1.165, 1.54) is 14.3 Å². The van der Waals surface area contributed by atoms with Gasteiger partial charge in [-0.15, -0.1) is 0 Å². The number of benzene rings is 1. The fourth-order valence-corrected chi connectivity index (χ4v) is 3.37. The molecule has 1 rings (SSSR count). The van der Waals surface area contributed by atoms with E-state index in [0.717, 1.165) is 0 Å². The van der Waals surface area contributed by atoms with Crippen LogP contribution >= 0.6 is 90.4 Å².